The predicted molar refractivity (Wildman–Crippen MR) is 173 cm³/mol. The third-order valence-electron chi connectivity index (χ3n) is 10.7. The number of benzene rings is 3. The number of pyridine rings is 1. The molecule has 8 heteroatoms. The molecule has 0 spiro atoms. The van der Waals surface area contributed by atoms with E-state index < -0.39 is 5.82 Å². The second-order valence-electron chi connectivity index (χ2n) is 13.3. The summed E-state index contributed by atoms with van der Waals surface area (Å²) in [6, 6.07) is 17.5. The standard InChI is InChI=1S/C37H37F2N5O/c1-20-15-29-36(44(20)35-24-17-30(35)41-19-24)28-16-23(8-5-13-40)32(26-9-4-7-22-11-12-25(38)18-27(22)26)33(39)34(28)42-37(29)45-21(2)31-10-6-14-43(31)3/h4,7,9,11-12,15-16,18,21,24,30-31,35,41H,5-6,8,10,14,17,19H2,1-3H3/t21-,24+,30+,31-,35?/m0/s1. The van der Waals surface area contributed by atoms with E-state index >= 15 is 4.39 Å². The van der Waals surface area contributed by atoms with Crippen LogP contribution >= 0.6 is 0 Å². The van der Waals surface area contributed by atoms with Crippen LogP contribution in [-0.2, 0) is 6.42 Å². The number of nitrogens with zero attached hydrogens (tertiary/aromatic N) is 4. The Morgan fingerprint density at radius 2 is 2.00 bits per heavy atom. The molecule has 3 aromatic carbocycles. The Morgan fingerprint density at radius 3 is 2.73 bits per heavy atom. The van der Waals surface area contributed by atoms with Gasteiger partial charge in [-0.15, -0.1) is 0 Å². The first-order valence-electron chi connectivity index (χ1n) is 16.2. The number of likely N-dealkylation sites (tertiary alicyclic amines) is 1. The van der Waals surface area contributed by atoms with E-state index in [0.717, 1.165) is 65.3 Å². The summed E-state index contributed by atoms with van der Waals surface area (Å²) in [6.45, 7) is 6.21. The average Bonchev–Trinajstić information content (AvgIpc) is 3.82. The van der Waals surface area contributed by atoms with Crippen molar-refractivity contribution in [2.75, 3.05) is 20.1 Å². The fourth-order valence-corrected chi connectivity index (χ4v) is 8.47. The molecule has 1 unspecified atom stereocenters. The second kappa shape index (κ2) is 10.8. The minimum absolute atomic E-state index is 0.130. The van der Waals surface area contributed by atoms with Crippen molar-refractivity contribution in [3.63, 3.8) is 0 Å². The maximum atomic E-state index is 17.4. The fraction of sp³-hybridized carbons (Fsp3) is 0.405. The van der Waals surface area contributed by atoms with Gasteiger partial charge in [0.1, 0.15) is 17.4 Å². The first-order valence-corrected chi connectivity index (χ1v) is 16.2. The molecule has 3 aliphatic heterocycles. The van der Waals surface area contributed by atoms with Crippen LogP contribution in [0.15, 0.2) is 48.5 Å². The molecule has 45 heavy (non-hydrogen) atoms. The van der Waals surface area contributed by atoms with Crippen LogP contribution in [0.25, 0.3) is 43.7 Å². The minimum Gasteiger partial charge on any atom is -0.472 e. The van der Waals surface area contributed by atoms with Gasteiger partial charge in [0.2, 0.25) is 5.88 Å². The van der Waals surface area contributed by atoms with E-state index in [-0.39, 0.29) is 35.9 Å². The summed E-state index contributed by atoms with van der Waals surface area (Å²) in [5.74, 6) is 0.129. The molecule has 5 heterocycles. The molecule has 4 aliphatic rings. The predicted octanol–water partition coefficient (Wildman–Crippen LogP) is 7.45. The molecule has 0 amide bonds. The molecule has 5 aromatic rings. The largest absolute Gasteiger partial charge is 0.472 e. The number of aromatic nitrogens is 2. The van der Waals surface area contributed by atoms with Crippen molar-refractivity contribution in [2.45, 2.75) is 70.2 Å². The lowest BCUT2D eigenvalue weighted by Gasteiger charge is -2.37. The monoisotopic (exact) mass is 605 g/mol. The molecule has 6 nitrogen and oxygen atoms in total. The molecule has 9 rings (SSSR count). The molecule has 1 N–H and O–H groups in total. The molecule has 4 fully saturated rings. The third kappa shape index (κ3) is 4.43. The SMILES string of the molecule is Cc1cc2c(O[C@@H](C)[C@@H]3CCCN3C)nc3c(F)c(-c4cccc5ccc(F)cc45)c(CCC#N)cc3c2n1C1[C@H]2CN[C@@H]1C2. The second-order valence-corrected chi connectivity index (χ2v) is 13.3. The van der Waals surface area contributed by atoms with E-state index in [4.69, 9.17) is 9.72 Å². The summed E-state index contributed by atoms with van der Waals surface area (Å²) in [4.78, 5) is 7.30. The zero-order chi connectivity index (χ0) is 31.0. The van der Waals surface area contributed by atoms with Crippen molar-refractivity contribution < 1.29 is 13.5 Å². The van der Waals surface area contributed by atoms with Crippen LogP contribution in [0.4, 0.5) is 8.78 Å². The van der Waals surface area contributed by atoms with Gasteiger partial charge in [-0.1, -0.05) is 24.3 Å². The van der Waals surface area contributed by atoms with Crippen LogP contribution < -0.4 is 10.1 Å². The fourth-order valence-electron chi connectivity index (χ4n) is 8.47. The van der Waals surface area contributed by atoms with Gasteiger partial charge < -0.3 is 14.6 Å². The molecule has 3 saturated heterocycles. The van der Waals surface area contributed by atoms with Crippen molar-refractivity contribution >= 4 is 32.6 Å². The van der Waals surface area contributed by atoms with E-state index in [1.54, 1.807) is 6.07 Å². The van der Waals surface area contributed by atoms with E-state index in [0.29, 0.717) is 40.8 Å². The van der Waals surface area contributed by atoms with Gasteiger partial charge in [0.25, 0.3) is 0 Å². The van der Waals surface area contributed by atoms with Gasteiger partial charge in [0, 0.05) is 41.7 Å². The number of hydrogen-bond donors (Lipinski definition) is 1. The Hall–Kier alpha value is -4.06. The summed E-state index contributed by atoms with van der Waals surface area (Å²) in [5.41, 5.74) is 3.97. The van der Waals surface area contributed by atoms with E-state index in [1.807, 2.05) is 24.3 Å². The number of halogens is 2. The van der Waals surface area contributed by atoms with Crippen molar-refractivity contribution in [1.82, 2.24) is 19.8 Å². The minimum atomic E-state index is -0.463. The van der Waals surface area contributed by atoms with E-state index in [9.17, 15) is 9.65 Å². The number of ether oxygens (including phenoxy) is 1. The first-order chi connectivity index (χ1) is 21.8. The molecule has 0 radical (unpaired) electrons. The van der Waals surface area contributed by atoms with Crippen molar-refractivity contribution in [1.29, 1.82) is 5.26 Å². The van der Waals surface area contributed by atoms with Gasteiger partial charge in [-0.05, 0) is 105 Å². The highest BCUT2D eigenvalue weighted by Gasteiger charge is 2.48. The molecule has 1 saturated carbocycles. The maximum absolute atomic E-state index is 17.4. The number of nitriles is 1. The third-order valence-corrected chi connectivity index (χ3v) is 10.7. The van der Waals surface area contributed by atoms with Crippen LogP contribution in [0.2, 0.25) is 0 Å². The smallest absolute Gasteiger partial charge is 0.223 e. The number of likely N-dealkylation sites (N-methyl/N-ethyl adjacent to an activating group) is 1. The van der Waals surface area contributed by atoms with Crippen molar-refractivity contribution in [3.8, 4) is 23.1 Å². The molecule has 230 valence electrons. The highest BCUT2D eigenvalue weighted by atomic mass is 19.1. The molecular weight excluding hydrogens is 568 g/mol. The van der Waals surface area contributed by atoms with Gasteiger partial charge in [-0.2, -0.15) is 5.26 Å². The van der Waals surface area contributed by atoms with Gasteiger partial charge in [-0.25, -0.2) is 13.8 Å². The van der Waals surface area contributed by atoms with Crippen LogP contribution in [-0.4, -0.2) is 52.8 Å². The lowest BCUT2D eigenvalue weighted by atomic mass is 9.79. The molecule has 1 aliphatic carbocycles. The summed E-state index contributed by atoms with van der Waals surface area (Å²) >= 11 is 0. The number of fused-ring (bicyclic) bond motifs is 5. The average molecular weight is 606 g/mol. The molecular formula is C37H37F2N5O. The lowest BCUT2D eigenvalue weighted by Crippen LogP contribution is -2.39. The topological polar surface area (TPSA) is 66.1 Å². The number of hydrogen-bond acceptors (Lipinski definition) is 5. The summed E-state index contributed by atoms with van der Waals surface area (Å²) in [6.07, 6.45) is 3.78. The van der Waals surface area contributed by atoms with Crippen molar-refractivity contribution in [3.05, 3.63) is 71.4 Å². The summed E-state index contributed by atoms with van der Waals surface area (Å²) < 4.78 is 41.0. The van der Waals surface area contributed by atoms with Gasteiger partial charge in [0.15, 0.2) is 5.82 Å². The van der Waals surface area contributed by atoms with Gasteiger partial charge >= 0.3 is 0 Å². The Kier molecular flexibility index (Phi) is 6.81. The zero-order valence-electron chi connectivity index (χ0n) is 25.9. The van der Waals surface area contributed by atoms with E-state index in [1.165, 1.54) is 12.1 Å². The Bertz CT molecular complexity index is 2020. The highest BCUT2D eigenvalue weighted by molar-refractivity contribution is 6.09. The summed E-state index contributed by atoms with van der Waals surface area (Å²) in [7, 11) is 2.13. The Labute approximate surface area is 261 Å². The maximum Gasteiger partial charge on any atom is 0.223 e. The molecule has 2 aromatic heterocycles. The first kappa shape index (κ1) is 28.4. The number of rotatable bonds is 7. The molecule has 5 atom stereocenters. The van der Waals surface area contributed by atoms with Crippen LogP contribution in [0.5, 0.6) is 5.88 Å². The van der Waals surface area contributed by atoms with Crippen molar-refractivity contribution in [2.24, 2.45) is 5.92 Å². The highest BCUT2D eigenvalue weighted by Crippen LogP contribution is 2.49. The Balaban J connectivity index is 1.41. The van der Waals surface area contributed by atoms with Gasteiger partial charge in [0.05, 0.1) is 23.0 Å². The Morgan fingerprint density at radius 1 is 1.13 bits per heavy atom. The zero-order valence-corrected chi connectivity index (χ0v) is 25.9. The number of nitrogens with one attached hydrogen (secondary N) is 1. The lowest BCUT2D eigenvalue weighted by molar-refractivity contribution is 0.119. The number of aryl methyl sites for hydroxylation is 2. The summed E-state index contributed by atoms with van der Waals surface area (Å²) in [5, 5.41) is 16.3. The van der Waals surface area contributed by atoms with Gasteiger partial charge in [-0.3, -0.25) is 4.90 Å². The van der Waals surface area contributed by atoms with Crippen LogP contribution in [0.3, 0.4) is 0 Å². The van der Waals surface area contributed by atoms with Crippen LogP contribution in [0.1, 0.15) is 49.9 Å². The molecule has 2 bridgehead atoms. The van der Waals surface area contributed by atoms with E-state index in [2.05, 4.69) is 47.8 Å². The normalized spacial score (nSPS) is 23.6. The quantitative estimate of drug-likeness (QED) is 0.209. The van der Waals surface area contributed by atoms with Crippen LogP contribution in [0, 0.1) is 35.8 Å².